The molecule has 1 aromatic heterocycles. The van der Waals surface area contributed by atoms with Crippen LogP contribution in [0.4, 0.5) is 0 Å². The van der Waals surface area contributed by atoms with E-state index in [1.807, 2.05) is 44.8 Å². The molecule has 3 heterocycles. The van der Waals surface area contributed by atoms with E-state index in [1.165, 1.54) is 6.42 Å². The van der Waals surface area contributed by atoms with Gasteiger partial charge in [0.25, 0.3) is 5.91 Å². The second-order valence-corrected chi connectivity index (χ2v) is 7.53. The molecule has 2 aliphatic heterocycles. The van der Waals surface area contributed by atoms with Gasteiger partial charge in [-0.15, -0.1) is 0 Å². The van der Waals surface area contributed by atoms with Crippen LogP contribution in [0.15, 0.2) is 43.0 Å². The topological polar surface area (TPSA) is 61.7 Å². The fraction of sp³-hybridized carbons (Fsp3) is 0.476. The van der Waals surface area contributed by atoms with Crippen molar-refractivity contribution in [1.82, 2.24) is 24.3 Å². The molecule has 0 N–H and O–H groups in total. The zero-order valence-electron chi connectivity index (χ0n) is 16.2. The number of benzene rings is 1. The molecule has 2 aromatic rings. The molecule has 4 rings (SSSR count). The highest BCUT2D eigenvalue weighted by Crippen LogP contribution is 2.14. The van der Waals surface area contributed by atoms with E-state index in [4.69, 9.17) is 0 Å². The molecule has 0 spiro atoms. The monoisotopic (exact) mass is 381 g/mol. The average molecular weight is 381 g/mol. The van der Waals surface area contributed by atoms with Crippen molar-refractivity contribution < 1.29 is 9.59 Å². The van der Waals surface area contributed by atoms with Crippen LogP contribution in [0, 0.1) is 0 Å². The molecular weight excluding hydrogens is 354 g/mol. The summed E-state index contributed by atoms with van der Waals surface area (Å²) in [4.78, 5) is 35.3. The van der Waals surface area contributed by atoms with Gasteiger partial charge in [-0.3, -0.25) is 14.5 Å². The Kier molecular flexibility index (Phi) is 5.71. The van der Waals surface area contributed by atoms with Crippen LogP contribution in [-0.2, 0) is 4.79 Å². The summed E-state index contributed by atoms with van der Waals surface area (Å²) in [5, 5.41) is 0. The Morgan fingerprint density at radius 1 is 0.857 bits per heavy atom. The molecule has 1 aromatic carbocycles. The van der Waals surface area contributed by atoms with Gasteiger partial charge in [0.2, 0.25) is 5.91 Å². The summed E-state index contributed by atoms with van der Waals surface area (Å²) in [6.45, 7) is 5.09. The molecule has 7 nitrogen and oxygen atoms in total. The van der Waals surface area contributed by atoms with Gasteiger partial charge in [-0.05, 0) is 43.5 Å². The summed E-state index contributed by atoms with van der Waals surface area (Å²) in [5.41, 5.74) is 1.68. The first-order valence-electron chi connectivity index (χ1n) is 10.1. The van der Waals surface area contributed by atoms with Crippen LogP contribution >= 0.6 is 0 Å². The van der Waals surface area contributed by atoms with E-state index in [1.54, 1.807) is 12.5 Å². The minimum absolute atomic E-state index is 0.0548. The second kappa shape index (κ2) is 8.56. The summed E-state index contributed by atoms with van der Waals surface area (Å²) in [6.07, 6.45) is 8.81. The van der Waals surface area contributed by atoms with Crippen molar-refractivity contribution in [3.05, 3.63) is 48.5 Å². The van der Waals surface area contributed by atoms with Crippen LogP contribution in [0.2, 0.25) is 0 Å². The number of likely N-dealkylation sites (tertiary alicyclic amines) is 1. The molecule has 148 valence electrons. The third-order valence-corrected chi connectivity index (χ3v) is 5.64. The van der Waals surface area contributed by atoms with Gasteiger partial charge in [0.15, 0.2) is 0 Å². The number of hydrogen-bond acceptors (Lipinski definition) is 4. The van der Waals surface area contributed by atoms with Crippen LogP contribution in [0.5, 0.6) is 0 Å². The second-order valence-electron chi connectivity index (χ2n) is 7.53. The summed E-state index contributed by atoms with van der Waals surface area (Å²) >= 11 is 0. The maximum absolute atomic E-state index is 12.8. The van der Waals surface area contributed by atoms with Crippen molar-refractivity contribution >= 4 is 11.8 Å². The minimum atomic E-state index is 0.0548. The van der Waals surface area contributed by atoms with Crippen molar-refractivity contribution in [2.45, 2.75) is 19.3 Å². The number of hydrogen-bond donors (Lipinski definition) is 0. The largest absolute Gasteiger partial charge is 0.342 e. The molecule has 0 unspecified atom stereocenters. The van der Waals surface area contributed by atoms with Crippen molar-refractivity contribution in [3.8, 4) is 5.69 Å². The van der Waals surface area contributed by atoms with E-state index in [0.29, 0.717) is 25.2 Å². The highest BCUT2D eigenvalue weighted by molar-refractivity contribution is 5.94. The van der Waals surface area contributed by atoms with Crippen molar-refractivity contribution in [1.29, 1.82) is 0 Å². The molecule has 2 saturated heterocycles. The van der Waals surface area contributed by atoms with Gasteiger partial charge in [-0.1, -0.05) is 0 Å². The lowest BCUT2D eigenvalue weighted by Crippen LogP contribution is -2.52. The molecule has 0 radical (unpaired) electrons. The van der Waals surface area contributed by atoms with Crippen LogP contribution in [-0.4, -0.2) is 81.9 Å². The zero-order chi connectivity index (χ0) is 19.3. The zero-order valence-corrected chi connectivity index (χ0v) is 16.2. The van der Waals surface area contributed by atoms with E-state index >= 15 is 0 Å². The van der Waals surface area contributed by atoms with E-state index < -0.39 is 0 Å². The van der Waals surface area contributed by atoms with Crippen LogP contribution in [0.25, 0.3) is 5.69 Å². The Morgan fingerprint density at radius 2 is 1.57 bits per heavy atom. The Bertz CT molecular complexity index is 789. The first-order valence-corrected chi connectivity index (χ1v) is 10.1. The standard InChI is InChI=1S/C21H27N5O2/c27-20(24-9-2-1-3-10-24)16-23-12-14-25(15-13-23)21(28)18-4-6-19(7-5-18)26-11-8-22-17-26/h4-8,11,17H,1-3,9-10,12-16H2. The SMILES string of the molecule is O=C(CN1CCN(C(=O)c2ccc(-n3ccnc3)cc2)CC1)N1CCCCC1. The molecule has 7 heteroatoms. The predicted molar refractivity (Wildman–Crippen MR) is 106 cm³/mol. The maximum atomic E-state index is 12.8. The fourth-order valence-corrected chi connectivity index (χ4v) is 3.91. The quantitative estimate of drug-likeness (QED) is 0.808. The van der Waals surface area contributed by atoms with Gasteiger partial charge < -0.3 is 14.4 Å². The van der Waals surface area contributed by atoms with Crippen molar-refractivity contribution in [3.63, 3.8) is 0 Å². The number of piperidine rings is 1. The number of carbonyl (C=O) groups is 2. The highest BCUT2D eigenvalue weighted by atomic mass is 16.2. The van der Waals surface area contributed by atoms with Gasteiger partial charge in [0.05, 0.1) is 12.9 Å². The van der Waals surface area contributed by atoms with E-state index in [9.17, 15) is 9.59 Å². The van der Waals surface area contributed by atoms with Gasteiger partial charge in [0.1, 0.15) is 0 Å². The van der Waals surface area contributed by atoms with E-state index in [-0.39, 0.29) is 11.8 Å². The van der Waals surface area contributed by atoms with Gasteiger partial charge in [-0.25, -0.2) is 4.98 Å². The number of rotatable bonds is 4. The molecule has 0 saturated carbocycles. The lowest BCUT2D eigenvalue weighted by molar-refractivity contribution is -0.133. The molecular formula is C21H27N5O2. The average Bonchev–Trinajstić information content (AvgIpc) is 3.29. The predicted octanol–water partition coefficient (Wildman–Crippen LogP) is 1.64. The molecule has 2 amide bonds. The first kappa shape index (κ1) is 18.7. The van der Waals surface area contributed by atoms with Crippen LogP contribution < -0.4 is 0 Å². The minimum Gasteiger partial charge on any atom is -0.342 e. The highest BCUT2D eigenvalue weighted by Gasteiger charge is 2.25. The summed E-state index contributed by atoms with van der Waals surface area (Å²) in [6, 6.07) is 7.60. The Hall–Kier alpha value is -2.67. The lowest BCUT2D eigenvalue weighted by Gasteiger charge is -2.36. The molecule has 0 atom stereocenters. The Balaban J connectivity index is 1.28. The normalized spacial score (nSPS) is 18.3. The smallest absolute Gasteiger partial charge is 0.253 e. The number of imidazole rings is 1. The third-order valence-electron chi connectivity index (χ3n) is 5.64. The van der Waals surface area contributed by atoms with Crippen LogP contribution in [0.1, 0.15) is 29.6 Å². The van der Waals surface area contributed by atoms with Crippen molar-refractivity contribution in [2.75, 3.05) is 45.8 Å². The van der Waals surface area contributed by atoms with Gasteiger partial charge in [0, 0.05) is 62.9 Å². The molecule has 0 aliphatic carbocycles. The van der Waals surface area contributed by atoms with E-state index in [2.05, 4.69) is 9.88 Å². The number of amides is 2. The molecule has 28 heavy (non-hydrogen) atoms. The Labute approximate surface area is 165 Å². The Morgan fingerprint density at radius 3 is 2.21 bits per heavy atom. The number of carbonyl (C=O) groups excluding carboxylic acids is 2. The first-order chi connectivity index (χ1) is 13.7. The number of nitrogens with zero attached hydrogens (tertiary/aromatic N) is 5. The molecule has 2 fully saturated rings. The van der Waals surface area contributed by atoms with E-state index in [0.717, 1.165) is 44.7 Å². The molecule has 0 bridgehead atoms. The summed E-state index contributed by atoms with van der Waals surface area (Å²) in [7, 11) is 0. The summed E-state index contributed by atoms with van der Waals surface area (Å²) in [5.74, 6) is 0.286. The van der Waals surface area contributed by atoms with Gasteiger partial charge >= 0.3 is 0 Å². The summed E-state index contributed by atoms with van der Waals surface area (Å²) < 4.78 is 1.91. The maximum Gasteiger partial charge on any atom is 0.253 e. The van der Waals surface area contributed by atoms with Crippen LogP contribution in [0.3, 0.4) is 0 Å². The molecule has 2 aliphatic rings. The third kappa shape index (κ3) is 4.25. The number of piperazine rings is 1. The lowest BCUT2D eigenvalue weighted by atomic mass is 10.1. The van der Waals surface area contributed by atoms with Gasteiger partial charge in [-0.2, -0.15) is 0 Å². The number of aromatic nitrogens is 2. The fourth-order valence-electron chi connectivity index (χ4n) is 3.91. The van der Waals surface area contributed by atoms with Crippen molar-refractivity contribution in [2.24, 2.45) is 0 Å².